The molecule has 29 heavy (non-hydrogen) atoms. The van der Waals surface area contributed by atoms with Crippen LogP contribution in [0.5, 0.6) is 0 Å². The average Bonchev–Trinajstić information content (AvgIpc) is 2.75. The molecule has 4 nitrogen and oxygen atoms in total. The lowest BCUT2D eigenvalue weighted by atomic mass is 9.90. The summed E-state index contributed by atoms with van der Waals surface area (Å²) in [4.78, 5) is 27.0. The number of rotatable bonds is 6. The minimum atomic E-state index is -0.909. The van der Waals surface area contributed by atoms with Gasteiger partial charge in [-0.2, -0.15) is 0 Å². The first kappa shape index (κ1) is 23.6. The third-order valence-corrected chi connectivity index (χ3v) is 6.23. The Morgan fingerprint density at radius 1 is 1.00 bits per heavy atom. The van der Waals surface area contributed by atoms with Crippen LogP contribution in [0, 0.1) is 0 Å². The zero-order valence-corrected chi connectivity index (χ0v) is 18.5. The summed E-state index contributed by atoms with van der Waals surface area (Å²) in [5.74, 6) is -0.333. The Morgan fingerprint density at radius 3 is 2.14 bits per heavy atom. The van der Waals surface area contributed by atoms with E-state index in [1.54, 1.807) is 31.3 Å². The third-order valence-electron chi connectivity index (χ3n) is 5.98. The summed E-state index contributed by atoms with van der Waals surface area (Å²) < 4.78 is 0.145. The molecule has 1 aliphatic carbocycles. The minimum absolute atomic E-state index is 0. The second-order valence-electron chi connectivity index (χ2n) is 7.63. The van der Waals surface area contributed by atoms with Crippen LogP contribution in [0.4, 0.5) is 5.69 Å². The number of carbonyl (C=O) groups is 2. The molecule has 3 rings (SSSR count). The van der Waals surface area contributed by atoms with Gasteiger partial charge in [-0.15, -0.1) is 12.4 Å². The van der Waals surface area contributed by atoms with E-state index in [9.17, 15) is 9.59 Å². The molecule has 1 aliphatic rings. The molecule has 0 bridgehead atoms. The molecule has 2 aromatic carbocycles. The molecule has 0 aliphatic heterocycles. The summed E-state index contributed by atoms with van der Waals surface area (Å²) in [6.45, 7) is 0. The van der Waals surface area contributed by atoms with Gasteiger partial charge in [0.15, 0.2) is 11.8 Å². The standard InChI is InChI=1S/C23H28ClN2O2.ClH/c1-25-21(22(27)17-13-15-18(24)16-14-17)23(28)26(2,19-9-5-3-6-10-19)20-11-7-4-8-12-20;/h3,5-6,9-10,13-16,20-21,25H,4,7-8,11-12H2,1-2H3;1H/q+1;. The topological polar surface area (TPSA) is 46.2 Å². The second kappa shape index (κ2) is 10.4. The number of para-hydroxylation sites is 1. The Labute approximate surface area is 184 Å². The number of halogens is 2. The van der Waals surface area contributed by atoms with E-state index >= 15 is 0 Å². The van der Waals surface area contributed by atoms with Gasteiger partial charge >= 0.3 is 5.91 Å². The Balaban J connectivity index is 0.00000300. The zero-order chi connectivity index (χ0) is 20.1. The van der Waals surface area contributed by atoms with Crippen molar-refractivity contribution in [1.29, 1.82) is 0 Å². The van der Waals surface area contributed by atoms with Crippen molar-refractivity contribution in [3.63, 3.8) is 0 Å². The number of hydrogen-bond acceptors (Lipinski definition) is 3. The Hall–Kier alpha value is -1.72. The van der Waals surface area contributed by atoms with Crippen molar-refractivity contribution in [3.05, 3.63) is 65.2 Å². The van der Waals surface area contributed by atoms with Crippen LogP contribution in [-0.4, -0.2) is 37.9 Å². The van der Waals surface area contributed by atoms with Gasteiger partial charge in [-0.25, -0.2) is 9.28 Å². The lowest BCUT2D eigenvalue weighted by molar-refractivity contribution is -0.132. The molecule has 0 heterocycles. The largest absolute Gasteiger partial charge is 0.343 e. The van der Waals surface area contributed by atoms with E-state index in [1.807, 2.05) is 37.4 Å². The molecule has 2 atom stereocenters. The van der Waals surface area contributed by atoms with Gasteiger partial charge in [0, 0.05) is 23.4 Å². The van der Waals surface area contributed by atoms with E-state index in [4.69, 9.17) is 11.6 Å². The number of ketones is 1. The van der Waals surface area contributed by atoms with Crippen LogP contribution in [0.15, 0.2) is 54.6 Å². The monoisotopic (exact) mass is 435 g/mol. The maximum absolute atomic E-state index is 13.8. The van der Waals surface area contributed by atoms with E-state index < -0.39 is 6.04 Å². The molecule has 1 N–H and O–H groups in total. The van der Waals surface area contributed by atoms with Gasteiger partial charge in [0.2, 0.25) is 0 Å². The molecule has 0 saturated heterocycles. The van der Waals surface area contributed by atoms with Gasteiger partial charge < -0.3 is 0 Å². The average molecular weight is 436 g/mol. The number of hydrogen-bond donors (Lipinski definition) is 1. The van der Waals surface area contributed by atoms with Crippen LogP contribution in [0.3, 0.4) is 0 Å². The summed E-state index contributed by atoms with van der Waals surface area (Å²) in [6, 6.07) is 15.8. The number of quaternary nitrogens is 1. The van der Waals surface area contributed by atoms with Crippen LogP contribution < -0.4 is 9.80 Å². The lowest BCUT2D eigenvalue weighted by Gasteiger charge is -2.42. The van der Waals surface area contributed by atoms with Crippen LogP contribution in [0.25, 0.3) is 0 Å². The summed E-state index contributed by atoms with van der Waals surface area (Å²) in [5.41, 5.74) is 1.42. The third kappa shape index (κ3) is 4.89. The smallest absolute Gasteiger partial charge is 0.299 e. The first-order chi connectivity index (χ1) is 13.5. The van der Waals surface area contributed by atoms with Crippen LogP contribution >= 0.6 is 24.0 Å². The fourth-order valence-electron chi connectivity index (χ4n) is 4.27. The zero-order valence-electron chi connectivity index (χ0n) is 16.9. The predicted octanol–water partition coefficient (Wildman–Crippen LogP) is 5.03. The first-order valence-electron chi connectivity index (χ1n) is 9.91. The van der Waals surface area contributed by atoms with Crippen molar-refractivity contribution in [2.45, 2.75) is 44.2 Å². The van der Waals surface area contributed by atoms with Crippen LogP contribution in [0.2, 0.25) is 5.02 Å². The highest BCUT2D eigenvalue weighted by molar-refractivity contribution is 6.30. The fraction of sp³-hybridized carbons (Fsp3) is 0.391. The summed E-state index contributed by atoms with van der Waals surface area (Å²) in [7, 11) is 3.64. The summed E-state index contributed by atoms with van der Waals surface area (Å²) >= 11 is 5.95. The quantitative estimate of drug-likeness (QED) is 0.393. The summed E-state index contributed by atoms with van der Waals surface area (Å²) in [5, 5.41) is 3.55. The van der Waals surface area contributed by atoms with E-state index in [1.165, 1.54) is 6.42 Å². The molecule has 2 unspecified atom stereocenters. The number of likely N-dealkylation sites (N-methyl/N-ethyl adjacent to an activating group) is 2. The van der Waals surface area contributed by atoms with E-state index in [2.05, 4.69) is 5.32 Å². The van der Waals surface area contributed by atoms with Crippen molar-refractivity contribution in [2.24, 2.45) is 0 Å². The van der Waals surface area contributed by atoms with Gasteiger partial charge in [0.1, 0.15) is 11.7 Å². The van der Waals surface area contributed by atoms with E-state index in [0.717, 1.165) is 31.4 Å². The number of amides is 1. The van der Waals surface area contributed by atoms with Crippen molar-refractivity contribution in [1.82, 2.24) is 9.80 Å². The highest BCUT2D eigenvalue weighted by Gasteiger charge is 2.47. The normalized spacial score (nSPS) is 17.6. The fourth-order valence-corrected chi connectivity index (χ4v) is 4.39. The highest BCUT2D eigenvalue weighted by Crippen LogP contribution is 2.34. The van der Waals surface area contributed by atoms with Gasteiger partial charge in [-0.3, -0.25) is 10.1 Å². The number of nitrogens with zero attached hydrogens (tertiary/aromatic N) is 1. The van der Waals surface area contributed by atoms with E-state index in [-0.39, 0.29) is 34.6 Å². The van der Waals surface area contributed by atoms with Gasteiger partial charge in [-0.05, 0) is 56.3 Å². The minimum Gasteiger partial charge on any atom is -0.299 e. The molecular weight excluding hydrogens is 407 g/mol. The summed E-state index contributed by atoms with van der Waals surface area (Å²) in [6.07, 6.45) is 5.42. The Morgan fingerprint density at radius 2 is 1.59 bits per heavy atom. The van der Waals surface area contributed by atoms with Gasteiger partial charge in [0.25, 0.3) is 0 Å². The number of benzene rings is 2. The molecule has 6 heteroatoms. The number of carbonyl (C=O) groups excluding carboxylic acids is 2. The molecule has 156 valence electrons. The van der Waals surface area contributed by atoms with Crippen LogP contribution in [-0.2, 0) is 4.79 Å². The first-order valence-corrected chi connectivity index (χ1v) is 10.3. The molecule has 1 fully saturated rings. The molecular formula is C23H29Cl2N2O2+. The Bertz CT molecular complexity index is 821. The molecule has 1 saturated carbocycles. The van der Waals surface area contributed by atoms with Gasteiger partial charge in [-0.1, -0.05) is 36.2 Å². The molecule has 0 radical (unpaired) electrons. The highest BCUT2D eigenvalue weighted by atomic mass is 35.5. The van der Waals surface area contributed by atoms with Crippen molar-refractivity contribution < 1.29 is 9.59 Å². The Kier molecular flexibility index (Phi) is 8.41. The lowest BCUT2D eigenvalue weighted by Crippen LogP contribution is -2.65. The molecule has 2 aromatic rings. The van der Waals surface area contributed by atoms with Gasteiger partial charge in [0.05, 0.1) is 7.05 Å². The second-order valence-corrected chi connectivity index (χ2v) is 8.07. The van der Waals surface area contributed by atoms with Crippen molar-refractivity contribution >= 4 is 41.4 Å². The van der Waals surface area contributed by atoms with Crippen molar-refractivity contribution in [2.75, 3.05) is 14.1 Å². The molecule has 0 spiro atoms. The number of Topliss-reactive ketones (excluding diaryl/α,β-unsaturated/α-hetero) is 1. The van der Waals surface area contributed by atoms with Crippen LogP contribution in [0.1, 0.15) is 42.5 Å². The van der Waals surface area contributed by atoms with E-state index in [0.29, 0.717) is 10.6 Å². The maximum atomic E-state index is 13.8. The molecule has 1 amide bonds. The maximum Gasteiger partial charge on any atom is 0.343 e. The predicted molar refractivity (Wildman–Crippen MR) is 122 cm³/mol. The number of nitrogens with one attached hydrogen (secondary N) is 1. The SMILES string of the molecule is CNC(C(=O)c1ccc(Cl)cc1)C(=O)[N+](C)(c1ccccc1)C1CCCCC1.Cl. The molecule has 0 aromatic heterocycles. The van der Waals surface area contributed by atoms with Crippen molar-refractivity contribution in [3.8, 4) is 0 Å².